The summed E-state index contributed by atoms with van der Waals surface area (Å²) in [6.45, 7) is 4.25. The summed E-state index contributed by atoms with van der Waals surface area (Å²) in [4.78, 5) is 15.7. The zero-order valence-corrected chi connectivity index (χ0v) is 22.3. The highest BCUT2D eigenvalue weighted by Crippen LogP contribution is 2.32. The Labute approximate surface area is 219 Å². The van der Waals surface area contributed by atoms with Crippen molar-refractivity contribution in [2.75, 3.05) is 11.9 Å². The second kappa shape index (κ2) is 12.2. The van der Waals surface area contributed by atoms with Crippen LogP contribution in [0.2, 0.25) is 0 Å². The number of hydrogen-bond donors (Lipinski definition) is 3. The number of para-hydroxylation sites is 1. The maximum absolute atomic E-state index is 13.0. The van der Waals surface area contributed by atoms with Gasteiger partial charge in [-0.25, -0.2) is 13.1 Å². The average Bonchev–Trinajstić information content (AvgIpc) is 3.28. The SMILES string of the molecule is CCCCCc1ccc(S(=O)(=O)NCCc2c(-c3cccc(NC(=O)CC)c3)[nH]c3ccccc23)cc1. The molecule has 0 aliphatic rings. The Morgan fingerprint density at radius 1 is 0.892 bits per heavy atom. The lowest BCUT2D eigenvalue weighted by atomic mass is 10.0. The van der Waals surface area contributed by atoms with E-state index in [9.17, 15) is 13.2 Å². The number of nitrogens with one attached hydrogen (secondary N) is 3. The molecule has 7 heteroatoms. The fourth-order valence-electron chi connectivity index (χ4n) is 4.52. The van der Waals surface area contributed by atoms with Crippen molar-refractivity contribution >= 4 is 32.5 Å². The van der Waals surface area contributed by atoms with Crippen LogP contribution in [-0.2, 0) is 27.7 Å². The van der Waals surface area contributed by atoms with Gasteiger partial charge in [0.2, 0.25) is 15.9 Å². The van der Waals surface area contributed by atoms with Gasteiger partial charge in [-0.1, -0.05) is 69.2 Å². The van der Waals surface area contributed by atoms with Crippen LogP contribution in [0.3, 0.4) is 0 Å². The number of aromatic nitrogens is 1. The molecule has 0 atom stereocenters. The number of carbonyl (C=O) groups excluding carboxylic acids is 1. The van der Waals surface area contributed by atoms with E-state index in [-0.39, 0.29) is 17.3 Å². The molecule has 6 nitrogen and oxygen atoms in total. The first-order valence-electron chi connectivity index (χ1n) is 13.0. The second-order valence-electron chi connectivity index (χ2n) is 9.26. The van der Waals surface area contributed by atoms with E-state index < -0.39 is 10.0 Å². The van der Waals surface area contributed by atoms with Crippen molar-refractivity contribution in [2.45, 2.75) is 57.3 Å². The summed E-state index contributed by atoms with van der Waals surface area (Å²) >= 11 is 0. The molecule has 194 valence electrons. The molecule has 0 aliphatic carbocycles. The summed E-state index contributed by atoms with van der Waals surface area (Å²) in [5.41, 5.74) is 5.76. The first kappa shape index (κ1) is 26.6. The third kappa shape index (κ3) is 6.67. The van der Waals surface area contributed by atoms with Crippen molar-refractivity contribution in [3.05, 3.63) is 83.9 Å². The molecule has 0 saturated carbocycles. The molecule has 0 aliphatic heterocycles. The monoisotopic (exact) mass is 517 g/mol. The maximum Gasteiger partial charge on any atom is 0.240 e. The fraction of sp³-hybridized carbons (Fsp3) is 0.300. The van der Waals surface area contributed by atoms with Gasteiger partial charge in [-0.15, -0.1) is 0 Å². The van der Waals surface area contributed by atoms with Gasteiger partial charge in [0.15, 0.2) is 0 Å². The van der Waals surface area contributed by atoms with E-state index in [1.165, 1.54) is 6.42 Å². The third-order valence-corrected chi connectivity index (χ3v) is 8.02. The van der Waals surface area contributed by atoms with Crippen molar-refractivity contribution in [2.24, 2.45) is 0 Å². The van der Waals surface area contributed by atoms with Crippen molar-refractivity contribution in [3.63, 3.8) is 0 Å². The van der Waals surface area contributed by atoms with E-state index >= 15 is 0 Å². The van der Waals surface area contributed by atoms with Crippen molar-refractivity contribution in [3.8, 4) is 11.3 Å². The number of benzene rings is 3. The van der Waals surface area contributed by atoms with Gasteiger partial charge >= 0.3 is 0 Å². The van der Waals surface area contributed by atoms with E-state index in [1.54, 1.807) is 12.1 Å². The zero-order chi connectivity index (χ0) is 26.3. The Morgan fingerprint density at radius 3 is 2.43 bits per heavy atom. The largest absolute Gasteiger partial charge is 0.354 e. The maximum atomic E-state index is 13.0. The molecule has 0 radical (unpaired) electrons. The Kier molecular flexibility index (Phi) is 8.79. The molecule has 3 aromatic carbocycles. The van der Waals surface area contributed by atoms with Crippen LogP contribution < -0.4 is 10.0 Å². The number of carbonyl (C=O) groups is 1. The lowest BCUT2D eigenvalue weighted by Gasteiger charge is -2.10. The van der Waals surface area contributed by atoms with Gasteiger partial charge in [0.05, 0.1) is 4.90 Å². The van der Waals surface area contributed by atoms with Crippen LogP contribution >= 0.6 is 0 Å². The summed E-state index contributed by atoms with van der Waals surface area (Å²) in [6, 6.07) is 22.9. The van der Waals surface area contributed by atoms with Crippen LogP contribution in [0.25, 0.3) is 22.2 Å². The molecule has 1 aromatic heterocycles. The van der Waals surface area contributed by atoms with Gasteiger partial charge in [-0.05, 0) is 60.7 Å². The highest BCUT2D eigenvalue weighted by molar-refractivity contribution is 7.89. The lowest BCUT2D eigenvalue weighted by Crippen LogP contribution is -2.26. The van der Waals surface area contributed by atoms with Crippen molar-refractivity contribution < 1.29 is 13.2 Å². The minimum absolute atomic E-state index is 0.0441. The fourth-order valence-corrected chi connectivity index (χ4v) is 5.55. The van der Waals surface area contributed by atoms with Crippen LogP contribution in [0.1, 0.15) is 50.7 Å². The molecule has 0 fully saturated rings. The lowest BCUT2D eigenvalue weighted by molar-refractivity contribution is -0.115. The standard InChI is InChI=1S/C30H35N3O3S/c1-3-5-6-10-22-15-17-25(18-16-22)37(35,36)31-20-19-27-26-13-7-8-14-28(26)33-30(27)23-11-9-12-24(21-23)32-29(34)4-2/h7-9,11-18,21,31,33H,3-6,10,19-20H2,1-2H3,(H,32,34). The summed E-state index contributed by atoms with van der Waals surface area (Å²) in [7, 11) is -3.62. The minimum Gasteiger partial charge on any atom is -0.354 e. The van der Waals surface area contributed by atoms with Crippen molar-refractivity contribution in [1.82, 2.24) is 9.71 Å². The van der Waals surface area contributed by atoms with Gasteiger partial charge in [0.25, 0.3) is 0 Å². The number of H-pyrrole nitrogens is 1. The molecule has 0 spiro atoms. The summed E-state index contributed by atoms with van der Waals surface area (Å²) in [5.74, 6) is -0.0441. The zero-order valence-electron chi connectivity index (χ0n) is 21.5. The van der Waals surface area contributed by atoms with Gasteiger partial charge in [-0.3, -0.25) is 4.79 Å². The Hall–Kier alpha value is -3.42. The molecule has 4 rings (SSSR count). The smallest absolute Gasteiger partial charge is 0.240 e. The molecule has 4 aromatic rings. The molecule has 1 heterocycles. The molecule has 3 N–H and O–H groups in total. The van der Waals surface area contributed by atoms with Crippen LogP contribution in [0, 0.1) is 0 Å². The predicted molar refractivity (Wildman–Crippen MR) is 151 cm³/mol. The van der Waals surface area contributed by atoms with E-state index in [2.05, 4.69) is 21.9 Å². The van der Waals surface area contributed by atoms with E-state index in [0.29, 0.717) is 12.8 Å². The van der Waals surface area contributed by atoms with Crippen LogP contribution in [0.4, 0.5) is 5.69 Å². The summed E-state index contributed by atoms with van der Waals surface area (Å²) < 4.78 is 28.7. The molecule has 0 saturated heterocycles. The summed E-state index contributed by atoms with van der Waals surface area (Å²) in [6.07, 6.45) is 5.34. The number of unbranched alkanes of at least 4 members (excludes halogenated alkanes) is 2. The normalized spacial score (nSPS) is 11.6. The van der Waals surface area contributed by atoms with Gasteiger partial charge in [-0.2, -0.15) is 0 Å². The molecule has 1 amide bonds. The van der Waals surface area contributed by atoms with E-state index in [4.69, 9.17) is 0 Å². The highest BCUT2D eigenvalue weighted by atomic mass is 32.2. The highest BCUT2D eigenvalue weighted by Gasteiger charge is 2.17. The number of aryl methyl sites for hydroxylation is 1. The van der Waals surface area contributed by atoms with Gasteiger partial charge in [0.1, 0.15) is 0 Å². The molecule has 37 heavy (non-hydrogen) atoms. The predicted octanol–water partition coefficient (Wildman–Crippen LogP) is 6.44. The number of anilines is 1. The van der Waals surface area contributed by atoms with E-state index in [0.717, 1.165) is 58.2 Å². The van der Waals surface area contributed by atoms with E-state index in [1.807, 2.05) is 67.6 Å². The van der Waals surface area contributed by atoms with Crippen LogP contribution in [0.15, 0.2) is 77.7 Å². The topological polar surface area (TPSA) is 91.1 Å². The second-order valence-corrected chi connectivity index (χ2v) is 11.0. The first-order chi connectivity index (χ1) is 17.9. The number of aromatic amines is 1. The number of rotatable bonds is 12. The number of amides is 1. The van der Waals surface area contributed by atoms with Crippen LogP contribution in [0.5, 0.6) is 0 Å². The minimum atomic E-state index is -3.62. The number of sulfonamides is 1. The number of fused-ring (bicyclic) bond motifs is 1. The van der Waals surface area contributed by atoms with Crippen LogP contribution in [-0.4, -0.2) is 25.9 Å². The van der Waals surface area contributed by atoms with Gasteiger partial charge in [0, 0.05) is 40.8 Å². The molecular formula is C30H35N3O3S. The average molecular weight is 518 g/mol. The molecule has 0 unspecified atom stereocenters. The first-order valence-corrected chi connectivity index (χ1v) is 14.5. The quantitative estimate of drug-likeness (QED) is 0.189. The Morgan fingerprint density at radius 2 is 1.68 bits per heavy atom. The summed E-state index contributed by atoms with van der Waals surface area (Å²) in [5, 5.41) is 3.96. The Bertz CT molecular complexity index is 1460. The Balaban J connectivity index is 1.52. The molecular weight excluding hydrogens is 482 g/mol. The molecule has 0 bridgehead atoms. The third-order valence-electron chi connectivity index (χ3n) is 6.54. The van der Waals surface area contributed by atoms with Gasteiger partial charge < -0.3 is 10.3 Å². The number of hydrogen-bond acceptors (Lipinski definition) is 3. The van der Waals surface area contributed by atoms with Crippen molar-refractivity contribution in [1.29, 1.82) is 0 Å².